The zero-order chi connectivity index (χ0) is 22.1. The van der Waals surface area contributed by atoms with Crippen LogP contribution in [0, 0.1) is 11.4 Å². The summed E-state index contributed by atoms with van der Waals surface area (Å²) in [6.07, 6.45) is 5.62. The van der Waals surface area contributed by atoms with Crippen molar-refractivity contribution in [3.63, 3.8) is 0 Å². The molecule has 0 atom stereocenters. The van der Waals surface area contributed by atoms with Crippen molar-refractivity contribution in [3.05, 3.63) is 71.8 Å². The molecule has 3 rings (SSSR count). The molecule has 7 nitrogen and oxygen atoms in total. The van der Waals surface area contributed by atoms with Gasteiger partial charge >= 0.3 is 5.97 Å². The third kappa shape index (κ3) is 7.00. The van der Waals surface area contributed by atoms with Gasteiger partial charge in [0.15, 0.2) is 0 Å². The molecule has 0 spiro atoms. The van der Waals surface area contributed by atoms with E-state index in [9.17, 15) is 4.79 Å². The first kappa shape index (κ1) is 22.6. The number of nitrogens with zero attached hydrogens (tertiary/aromatic N) is 3. The van der Waals surface area contributed by atoms with Gasteiger partial charge in [-0.25, -0.2) is 5.53 Å². The van der Waals surface area contributed by atoms with E-state index in [1.54, 1.807) is 12.4 Å². The molecule has 1 aliphatic heterocycles. The Morgan fingerprint density at radius 1 is 1.29 bits per heavy atom. The standard InChI is InChI=1S/C24H31N5O2/c1-18(2)24(30)31-23-8-5-6-20(14-23)19-9-12-29(13-10-19)17-22(28-25)16-26-15-21-7-3-4-11-27-21/h3-8,11,14,16,18-19,25-26H,9-10,12-13,15,17H2,1-2H3/b22-16-,28-25?. The number of carbonyl (C=O) groups is 1. The maximum absolute atomic E-state index is 11.9. The van der Waals surface area contributed by atoms with Gasteiger partial charge < -0.3 is 10.1 Å². The minimum atomic E-state index is -0.206. The molecule has 31 heavy (non-hydrogen) atoms. The van der Waals surface area contributed by atoms with E-state index in [0.717, 1.165) is 31.6 Å². The van der Waals surface area contributed by atoms with Crippen molar-refractivity contribution >= 4 is 5.97 Å². The van der Waals surface area contributed by atoms with E-state index < -0.39 is 0 Å². The quantitative estimate of drug-likeness (QED) is 0.354. The number of carbonyl (C=O) groups excluding carboxylic acids is 1. The molecule has 2 heterocycles. The minimum Gasteiger partial charge on any atom is -0.426 e. The lowest BCUT2D eigenvalue weighted by atomic mass is 9.89. The van der Waals surface area contributed by atoms with Crippen molar-refractivity contribution in [3.8, 4) is 5.75 Å². The molecule has 0 amide bonds. The lowest BCUT2D eigenvalue weighted by Gasteiger charge is -2.32. The van der Waals surface area contributed by atoms with Gasteiger partial charge in [0.2, 0.25) is 0 Å². The fraction of sp³-hybridized carbons (Fsp3) is 0.417. The Bertz CT molecular complexity index is 890. The van der Waals surface area contributed by atoms with E-state index in [1.165, 1.54) is 5.56 Å². The summed E-state index contributed by atoms with van der Waals surface area (Å²) in [6.45, 7) is 6.81. The van der Waals surface area contributed by atoms with Crippen LogP contribution in [0.25, 0.3) is 0 Å². The molecular formula is C24H31N5O2. The zero-order valence-electron chi connectivity index (χ0n) is 18.3. The Morgan fingerprint density at radius 3 is 2.77 bits per heavy atom. The van der Waals surface area contributed by atoms with Crippen LogP contribution in [0.2, 0.25) is 0 Å². The number of piperidine rings is 1. The number of nitrogens with one attached hydrogen (secondary N) is 2. The van der Waals surface area contributed by atoms with Crippen molar-refractivity contribution in [1.82, 2.24) is 15.2 Å². The lowest BCUT2D eigenvalue weighted by Crippen LogP contribution is -2.34. The molecule has 0 bridgehead atoms. The highest BCUT2D eigenvalue weighted by Gasteiger charge is 2.22. The average Bonchev–Trinajstić information content (AvgIpc) is 2.79. The van der Waals surface area contributed by atoms with Crippen LogP contribution in [0.15, 0.2) is 65.7 Å². The van der Waals surface area contributed by atoms with Crippen molar-refractivity contribution in [2.75, 3.05) is 19.6 Å². The number of hydrogen-bond acceptors (Lipinski definition) is 7. The van der Waals surface area contributed by atoms with E-state index in [1.807, 2.05) is 50.2 Å². The van der Waals surface area contributed by atoms with Gasteiger partial charge in [-0.05, 0) is 61.7 Å². The Morgan fingerprint density at radius 2 is 2.10 bits per heavy atom. The molecule has 0 aliphatic carbocycles. The summed E-state index contributed by atoms with van der Waals surface area (Å²) < 4.78 is 5.46. The second-order valence-electron chi connectivity index (χ2n) is 8.15. The summed E-state index contributed by atoms with van der Waals surface area (Å²) in [4.78, 5) is 18.5. The number of ether oxygens (including phenoxy) is 1. The molecule has 1 aliphatic rings. The van der Waals surface area contributed by atoms with Gasteiger partial charge in [0.25, 0.3) is 0 Å². The summed E-state index contributed by atoms with van der Waals surface area (Å²) in [5.41, 5.74) is 10.3. The number of likely N-dealkylation sites (tertiary alicyclic amines) is 1. The van der Waals surface area contributed by atoms with Crippen molar-refractivity contribution < 1.29 is 9.53 Å². The van der Waals surface area contributed by atoms with Crippen LogP contribution in [-0.4, -0.2) is 35.5 Å². The van der Waals surface area contributed by atoms with Gasteiger partial charge in [0, 0.05) is 18.9 Å². The topological polar surface area (TPSA) is 90.7 Å². The van der Waals surface area contributed by atoms with Crippen LogP contribution in [0.5, 0.6) is 5.75 Å². The van der Waals surface area contributed by atoms with Crippen LogP contribution in [0.4, 0.5) is 0 Å². The smallest absolute Gasteiger partial charge is 0.313 e. The number of esters is 1. The number of hydrogen-bond donors (Lipinski definition) is 2. The maximum Gasteiger partial charge on any atom is 0.313 e. The van der Waals surface area contributed by atoms with E-state index in [4.69, 9.17) is 10.3 Å². The molecule has 1 aromatic heterocycles. The largest absolute Gasteiger partial charge is 0.426 e. The number of benzene rings is 1. The second kappa shape index (κ2) is 11.4. The minimum absolute atomic E-state index is 0.143. The molecule has 0 unspecified atom stereocenters. The van der Waals surface area contributed by atoms with Gasteiger partial charge in [-0.1, -0.05) is 32.0 Å². The molecule has 1 aromatic carbocycles. The second-order valence-corrected chi connectivity index (χ2v) is 8.15. The van der Waals surface area contributed by atoms with E-state index >= 15 is 0 Å². The number of pyridine rings is 1. The van der Waals surface area contributed by atoms with Crippen LogP contribution >= 0.6 is 0 Å². The Hall–Kier alpha value is -3.06. The fourth-order valence-electron chi connectivity index (χ4n) is 3.61. The van der Waals surface area contributed by atoms with E-state index in [2.05, 4.69) is 26.4 Å². The highest BCUT2D eigenvalue weighted by atomic mass is 16.5. The fourth-order valence-corrected chi connectivity index (χ4v) is 3.61. The molecule has 1 saturated heterocycles. The van der Waals surface area contributed by atoms with Crippen LogP contribution in [-0.2, 0) is 11.3 Å². The normalized spacial score (nSPS) is 15.6. The highest BCUT2D eigenvalue weighted by molar-refractivity contribution is 5.74. The molecule has 0 saturated carbocycles. The first-order chi connectivity index (χ1) is 15.0. The van der Waals surface area contributed by atoms with Crippen molar-refractivity contribution in [1.29, 1.82) is 5.53 Å². The molecule has 1 fully saturated rings. The third-order valence-electron chi connectivity index (χ3n) is 5.41. The predicted molar refractivity (Wildman–Crippen MR) is 120 cm³/mol. The summed E-state index contributed by atoms with van der Waals surface area (Å²) in [6, 6.07) is 13.7. The zero-order valence-corrected chi connectivity index (χ0v) is 18.3. The number of rotatable bonds is 9. The summed E-state index contributed by atoms with van der Waals surface area (Å²) in [7, 11) is 0. The summed E-state index contributed by atoms with van der Waals surface area (Å²) in [5, 5.41) is 6.88. The van der Waals surface area contributed by atoms with Crippen LogP contribution < -0.4 is 10.1 Å². The molecule has 2 aromatic rings. The summed E-state index contributed by atoms with van der Waals surface area (Å²) >= 11 is 0. The number of aromatic nitrogens is 1. The van der Waals surface area contributed by atoms with Gasteiger partial charge in [-0.2, -0.15) is 5.11 Å². The van der Waals surface area contributed by atoms with Gasteiger partial charge in [-0.3, -0.25) is 14.7 Å². The molecule has 0 radical (unpaired) electrons. The maximum atomic E-state index is 11.9. The molecule has 164 valence electrons. The lowest BCUT2D eigenvalue weighted by molar-refractivity contribution is -0.137. The van der Waals surface area contributed by atoms with E-state index in [0.29, 0.717) is 30.5 Å². The van der Waals surface area contributed by atoms with Crippen molar-refractivity contribution in [2.24, 2.45) is 11.0 Å². The van der Waals surface area contributed by atoms with Gasteiger partial charge in [0.05, 0.1) is 23.9 Å². The average molecular weight is 422 g/mol. The van der Waals surface area contributed by atoms with Gasteiger partial charge in [-0.15, -0.1) is 0 Å². The van der Waals surface area contributed by atoms with Gasteiger partial charge in [0.1, 0.15) is 5.75 Å². The Balaban J connectivity index is 1.49. The van der Waals surface area contributed by atoms with Crippen LogP contribution in [0.1, 0.15) is 43.9 Å². The monoisotopic (exact) mass is 421 g/mol. The summed E-state index contributed by atoms with van der Waals surface area (Å²) in [5.74, 6) is 0.713. The van der Waals surface area contributed by atoms with Crippen molar-refractivity contribution in [2.45, 2.75) is 39.2 Å². The first-order valence-electron chi connectivity index (χ1n) is 10.8. The molecule has 7 heteroatoms. The predicted octanol–water partition coefficient (Wildman–Crippen LogP) is 4.48. The van der Waals surface area contributed by atoms with Crippen LogP contribution in [0.3, 0.4) is 0 Å². The van der Waals surface area contributed by atoms with E-state index in [-0.39, 0.29) is 11.9 Å². The first-order valence-corrected chi connectivity index (χ1v) is 10.8. The highest BCUT2D eigenvalue weighted by Crippen LogP contribution is 2.30. The SMILES string of the molecule is CC(C)C(=O)Oc1cccc(C2CCN(C/C(=C/NCc3ccccn3)N=N)CC2)c1. The Kier molecular flexibility index (Phi) is 8.29. The molecule has 2 N–H and O–H groups in total. The molecular weight excluding hydrogens is 390 g/mol. The third-order valence-corrected chi connectivity index (χ3v) is 5.41. The Labute approximate surface area is 184 Å².